The molecule has 0 saturated carbocycles. The molecule has 0 amide bonds. The molecule has 2 rings (SSSR count). The zero-order chi connectivity index (χ0) is 14.6. The summed E-state index contributed by atoms with van der Waals surface area (Å²) in [6, 6.07) is 13.8. The highest BCUT2D eigenvalue weighted by atomic mass is 32.1. The Morgan fingerprint density at radius 1 is 1.20 bits per heavy atom. The number of anilines is 1. The van der Waals surface area contributed by atoms with Crippen LogP contribution in [0.15, 0.2) is 47.8 Å². The average molecular weight is 289 g/mol. The second kappa shape index (κ2) is 6.09. The molecular formula is C16H19NO2S. The topological polar surface area (TPSA) is 38.3 Å². The number of para-hydroxylation sites is 1. The molecular weight excluding hydrogens is 270 g/mol. The molecule has 2 aromatic rings. The first-order valence-corrected chi connectivity index (χ1v) is 7.37. The first-order chi connectivity index (χ1) is 9.55. The van der Waals surface area contributed by atoms with E-state index in [2.05, 4.69) is 5.32 Å². The van der Waals surface area contributed by atoms with Crippen molar-refractivity contribution in [3.8, 4) is 0 Å². The SMILES string of the molecule is COC(=O)C(C)(C)[C@@H](Nc1ccccc1)c1cccs1. The second-order valence-corrected chi connectivity index (χ2v) is 6.15. The van der Waals surface area contributed by atoms with Crippen LogP contribution in [0.1, 0.15) is 24.8 Å². The van der Waals surface area contributed by atoms with E-state index in [1.165, 1.54) is 7.11 Å². The molecule has 3 nitrogen and oxygen atoms in total. The van der Waals surface area contributed by atoms with Gasteiger partial charge in [0.25, 0.3) is 0 Å². The Hall–Kier alpha value is -1.81. The minimum atomic E-state index is -0.657. The van der Waals surface area contributed by atoms with Crippen LogP contribution in [0, 0.1) is 5.41 Å². The van der Waals surface area contributed by atoms with Gasteiger partial charge in [-0.25, -0.2) is 0 Å². The first-order valence-electron chi connectivity index (χ1n) is 6.49. The van der Waals surface area contributed by atoms with Gasteiger partial charge in [0.2, 0.25) is 0 Å². The molecule has 106 valence electrons. The van der Waals surface area contributed by atoms with Crippen LogP contribution >= 0.6 is 11.3 Å². The smallest absolute Gasteiger partial charge is 0.313 e. The molecule has 1 heterocycles. The van der Waals surface area contributed by atoms with E-state index >= 15 is 0 Å². The molecule has 1 aromatic heterocycles. The van der Waals surface area contributed by atoms with Crippen LogP contribution in [0.2, 0.25) is 0 Å². The number of methoxy groups -OCH3 is 1. The van der Waals surface area contributed by atoms with Crippen molar-refractivity contribution in [3.63, 3.8) is 0 Å². The zero-order valence-electron chi connectivity index (χ0n) is 11.9. The van der Waals surface area contributed by atoms with Crippen LogP contribution in [-0.2, 0) is 9.53 Å². The maximum atomic E-state index is 12.1. The van der Waals surface area contributed by atoms with Gasteiger partial charge in [0.05, 0.1) is 18.6 Å². The fourth-order valence-electron chi connectivity index (χ4n) is 2.14. The number of carbonyl (C=O) groups excluding carboxylic acids is 1. The molecule has 0 unspecified atom stereocenters. The normalized spacial score (nSPS) is 12.8. The van der Waals surface area contributed by atoms with Gasteiger partial charge >= 0.3 is 5.97 Å². The maximum Gasteiger partial charge on any atom is 0.313 e. The summed E-state index contributed by atoms with van der Waals surface area (Å²) in [5, 5.41) is 5.46. The maximum absolute atomic E-state index is 12.1. The number of hydrogen-bond acceptors (Lipinski definition) is 4. The Kier molecular flexibility index (Phi) is 4.45. The molecule has 0 radical (unpaired) electrons. The fourth-order valence-corrected chi connectivity index (χ4v) is 3.11. The highest BCUT2D eigenvalue weighted by molar-refractivity contribution is 7.10. The monoisotopic (exact) mass is 289 g/mol. The molecule has 4 heteroatoms. The highest BCUT2D eigenvalue weighted by Gasteiger charge is 2.39. The van der Waals surface area contributed by atoms with E-state index in [0.29, 0.717) is 0 Å². The quantitative estimate of drug-likeness (QED) is 0.842. The third-order valence-electron chi connectivity index (χ3n) is 3.35. The summed E-state index contributed by atoms with van der Waals surface area (Å²) in [5.74, 6) is -0.223. The summed E-state index contributed by atoms with van der Waals surface area (Å²) in [4.78, 5) is 13.2. The molecule has 0 aliphatic rings. The predicted molar refractivity (Wildman–Crippen MR) is 82.9 cm³/mol. The molecule has 0 spiro atoms. The van der Waals surface area contributed by atoms with Gasteiger partial charge in [0.1, 0.15) is 0 Å². The number of ether oxygens (including phenoxy) is 1. The Morgan fingerprint density at radius 2 is 1.90 bits per heavy atom. The van der Waals surface area contributed by atoms with Gasteiger partial charge in [0, 0.05) is 10.6 Å². The fraction of sp³-hybridized carbons (Fsp3) is 0.312. The van der Waals surface area contributed by atoms with Gasteiger partial charge in [-0.1, -0.05) is 24.3 Å². The molecule has 0 aliphatic carbocycles. The summed E-state index contributed by atoms with van der Waals surface area (Å²) in [6.07, 6.45) is 0. The Labute approximate surface area is 123 Å². The number of rotatable bonds is 5. The minimum Gasteiger partial charge on any atom is -0.469 e. The van der Waals surface area contributed by atoms with Gasteiger partial charge in [-0.15, -0.1) is 11.3 Å². The van der Waals surface area contributed by atoms with Crippen LogP contribution in [0.4, 0.5) is 5.69 Å². The lowest BCUT2D eigenvalue weighted by Gasteiger charge is -2.32. The van der Waals surface area contributed by atoms with E-state index in [1.807, 2.05) is 61.7 Å². The Bertz CT molecular complexity index is 549. The van der Waals surface area contributed by atoms with Gasteiger partial charge in [-0.3, -0.25) is 4.79 Å². The Morgan fingerprint density at radius 3 is 2.45 bits per heavy atom. The van der Waals surface area contributed by atoms with Gasteiger partial charge in [-0.2, -0.15) is 0 Å². The standard InChI is InChI=1S/C16H19NO2S/c1-16(2,15(18)19-3)14(13-10-7-11-20-13)17-12-8-5-4-6-9-12/h4-11,14,17H,1-3H3/t14-/m0/s1. The number of esters is 1. The average Bonchev–Trinajstić information content (AvgIpc) is 2.98. The third-order valence-corrected chi connectivity index (χ3v) is 4.28. The van der Waals surface area contributed by atoms with Crippen LogP contribution in [0.25, 0.3) is 0 Å². The van der Waals surface area contributed by atoms with Crippen molar-refractivity contribution in [1.82, 2.24) is 0 Å². The van der Waals surface area contributed by atoms with Crippen molar-refractivity contribution < 1.29 is 9.53 Å². The van der Waals surface area contributed by atoms with E-state index in [9.17, 15) is 4.79 Å². The second-order valence-electron chi connectivity index (χ2n) is 5.17. The number of thiophene rings is 1. The minimum absolute atomic E-state index is 0.127. The van der Waals surface area contributed by atoms with Crippen LogP contribution in [0.5, 0.6) is 0 Å². The molecule has 20 heavy (non-hydrogen) atoms. The summed E-state index contributed by atoms with van der Waals surface area (Å²) < 4.78 is 4.96. The van der Waals surface area contributed by atoms with E-state index in [0.717, 1.165) is 10.6 Å². The summed E-state index contributed by atoms with van der Waals surface area (Å²) in [6.45, 7) is 3.80. The van der Waals surface area contributed by atoms with Gasteiger partial charge in [0.15, 0.2) is 0 Å². The molecule has 1 atom stereocenters. The lowest BCUT2D eigenvalue weighted by atomic mass is 9.83. The van der Waals surface area contributed by atoms with Crippen molar-refractivity contribution in [2.75, 3.05) is 12.4 Å². The van der Waals surface area contributed by atoms with E-state index < -0.39 is 5.41 Å². The molecule has 0 fully saturated rings. The predicted octanol–water partition coefficient (Wildman–Crippen LogP) is 4.10. The van der Waals surface area contributed by atoms with Gasteiger partial charge < -0.3 is 10.1 Å². The largest absolute Gasteiger partial charge is 0.469 e. The van der Waals surface area contributed by atoms with E-state index in [4.69, 9.17) is 4.74 Å². The first kappa shape index (κ1) is 14.6. The molecule has 1 N–H and O–H groups in total. The van der Waals surface area contributed by atoms with Crippen molar-refractivity contribution in [3.05, 3.63) is 52.7 Å². The molecule has 0 saturated heterocycles. The van der Waals surface area contributed by atoms with Crippen molar-refractivity contribution >= 4 is 23.0 Å². The van der Waals surface area contributed by atoms with Crippen LogP contribution < -0.4 is 5.32 Å². The van der Waals surface area contributed by atoms with E-state index in [-0.39, 0.29) is 12.0 Å². The molecule has 0 bridgehead atoms. The van der Waals surface area contributed by atoms with Crippen molar-refractivity contribution in [1.29, 1.82) is 0 Å². The van der Waals surface area contributed by atoms with Gasteiger partial charge in [-0.05, 0) is 37.4 Å². The number of benzene rings is 1. The lowest BCUT2D eigenvalue weighted by Crippen LogP contribution is -2.36. The number of carbonyl (C=O) groups is 1. The number of nitrogens with one attached hydrogen (secondary N) is 1. The highest BCUT2D eigenvalue weighted by Crippen LogP contribution is 2.39. The molecule has 0 aliphatic heterocycles. The summed E-state index contributed by atoms with van der Waals surface area (Å²) in [5.41, 5.74) is 0.331. The van der Waals surface area contributed by atoms with E-state index in [1.54, 1.807) is 11.3 Å². The Balaban J connectivity index is 2.33. The van der Waals surface area contributed by atoms with Crippen LogP contribution in [-0.4, -0.2) is 13.1 Å². The summed E-state index contributed by atoms with van der Waals surface area (Å²) in [7, 11) is 1.43. The van der Waals surface area contributed by atoms with Crippen LogP contribution in [0.3, 0.4) is 0 Å². The van der Waals surface area contributed by atoms with Crippen molar-refractivity contribution in [2.45, 2.75) is 19.9 Å². The van der Waals surface area contributed by atoms with Crippen molar-refractivity contribution in [2.24, 2.45) is 5.41 Å². The lowest BCUT2D eigenvalue weighted by molar-refractivity contribution is -0.151. The zero-order valence-corrected chi connectivity index (χ0v) is 12.7. The summed E-state index contributed by atoms with van der Waals surface area (Å²) >= 11 is 1.63. The number of hydrogen-bond donors (Lipinski definition) is 1. The third kappa shape index (κ3) is 3.02. The molecule has 1 aromatic carbocycles.